The van der Waals surface area contributed by atoms with Crippen molar-refractivity contribution in [3.05, 3.63) is 73.5 Å². The monoisotopic (exact) mass is 448 g/mol. The number of nitrogens with zero attached hydrogens (tertiary/aromatic N) is 3. The van der Waals surface area contributed by atoms with Crippen molar-refractivity contribution in [2.24, 2.45) is 5.92 Å². The summed E-state index contributed by atoms with van der Waals surface area (Å²) in [5, 5.41) is 13.4. The summed E-state index contributed by atoms with van der Waals surface area (Å²) in [6, 6.07) is 12.6. The molecule has 4 aromatic heterocycles. The summed E-state index contributed by atoms with van der Waals surface area (Å²) in [6.07, 6.45) is 15.2. The van der Waals surface area contributed by atoms with Gasteiger partial charge in [0, 0.05) is 46.1 Å². The second-order valence-electron chi connectivity index (χ2n) is 9.38. The van der Waals surface area contributed by atoms with Crippen LogP contribution in [0.25, 0.3) is 44.3 Å². The van der Waals surface area contributed by atoms with E-state index in [9.17, 15) is 0 Å². The van der Waals surface area contributed by atoms with E-state index in [0.29, 0.717) is 0 Å². The van der Waals surface area contributed by atoms with Crippen LogP contribution in [0.5, 0.6) is 0 Å². The molecule has 0 spiro atoms. The van der Waals surface area contributed by atoms with Gasteiger partial charge in [-0.1, -0.05) is 44.7 Å². The number of allylic oxidation sites excluding steroid dienone is 1. The SMILES string of the molecule is C=C(CC1CCCCC1)Nc1cncc(-c2ccc3[nH]nc(-c4cc5cnccc5[nH]4)c3c2)c1. The molecule has 0 atom stereocenters. The number of anilines is 1. The fraction of sp³-hybridized carbons (Fsp3) is 0.250. The van der Waals surface area contributed by atoms with Gasteiger partial charge >= 0.3 is 0 Å². The number of hydrogen-bond donors (Lipinski definition) is 3. The molecule has 1 fully saturated rings. The van der Waals surface area contributed by atoms with Crippen molar-refractivity contribution in [3.8, 4) is 22.5 Å². The zero-order chi connectivity index (χ0) is 22.9. The summed E-state index contributed by atoms with van der Waals surface area (Å²) in [5.74, 6) is 0.757. The van der Waals surface area contributed by atoms with Crippen LogP contribution in [0.1, 0.15) is 38.5 Å². The van der Waals surface area contributed by atoms with Gasteiger partial charge < -0.3 is 10.3 Å². The number of hydrogen-bond acceptors (Lipinski definition) is 4. The number of aromatic nitrogens is 5. The Kier molecular flexibility index (Phi) is 5.34. The van der Waals surface area contributed by atoms with Gasteiger partial charge in [-0.15, -0.1) is 0 Å². The fourth-order valence-electron chi connectivity index (χ4n) is 5.16. The third-order valence-corrected chi connectivity index (χ3v) is 6.89. The first-order chi connectivity index (χ1) is 16.7. The van der Waals surface area contributed by atoms with Crippen LogP contribution < -0.4 is 5.32 Å². The molecule has 3 N–H and O–H groups in total. The van der Waals surface area contributed by atoms with Crippen LogP contribution in [-0.2, 0) is 0 Å². The summed E-state index contributed by atoms with van der Waals surface area (Å²) in [6.45, 7) is 4.28. The molecule has 34 heavy (non-hydrogen) atoms. The Morgan fingerprint density at radius 1 is 0.941 bits per heavy atom. The van der Waals surface area contributed by atoms with E-state index in [4.69, 9.17) is 0 Å². The molecule has 6 rings (SSSR count). The molecule has 6 nitrogen and oxygen atoms in total. The molecule has 6 heteroatoms. The van der Waals surface area contributed by atoms with E-state index in [1.165, 1.54) is 32.1 Å². The van der Waals surface area contributed by atoms with Gasteiger partial charge in [0.2, 0.25) is 0 Å². The van der Waals surface area contributed by atoms with Gasteiger partial charge in [-0.3, -0.25) is 15.1 Å². The first-order valence-electron chi connectivity index (χ1n) is 12.0. The molecular formula is C28H28N6. The molecule has 0 saturated heterocycles. The van der Waals surface area contributed by atoms with Gasteiger partial charge in [-0.2, -0.15) is 5.10 Å². The molecule has 170 valence electrons. The molecule has 1 aromatic carbocycles. The molecule has 1 aliphatic carbocycles. The van der Waals surface area contributed by atoms with Crippen LogP contribution in [0, 0.1) is 5.92 Å². The predicted octanol–water partition coefficient (Wildman–Crippen LogP) is 7.06. The number of rotatable bonds is 6. The number of benzene rings is 1. The van der Waals surface area contributed by atoms with E-state index in [1.807, 2.05) is 24.7 Å². The van der Waals surface area contributed by atoms with E-state index >= 15 is 0 Å². The summed E-state index contributed by atoms with van der Waals surface area (Å²) in [4.78, 5) is 12.2. The highest BCUT2D eigenvalue weighted by atomic mass is 15.1. The Balaban J connectivity index is 1.27. The van der Waals surface area contributed by atoms with Crippen LogP contribution >= 0.6 is 0 Å². The first-order valence-corrected chi connectivity index (χ1v) is 12.0. The summed E-state index contributed by atoms with van der Waals surface area (Å²) in [7, 11) is 0. The van der Waals surface area contributed by atoms with E-state index in [0.717, 1.165) is 68.0 Å². The summed E-state index contributed by atoms with van der Waals surface area (Å²) < 4.78 is 0. The van der Waals surface area contributed by atoms with Gasteiger partial charge in [0.1, 0.15) is 5.69 Å². The largest absolute Gasteiger partial charge is 0.358 e. The Morgan fingerprint density at radius 3 is 2.74 bits per heavy atom. The fourth-order valence-corrected chi connectivity index (χ4v) is 5.16. The van der Waals surface area contributed by atoms with Crippen LogP contribution in [0.4, 0.5) is 5.69 Å². The maximum Gasteiger partial charge on any atom is 0.116 e. The van der Waals surface area contributed by atoms with Crippen molar-refractivity contribution in [2.45, 2.75) is 38.5 Å². The zero-order valence-corrected chi connectivity index (χ0v) is 19.1. The average Bonchev–Trinajstić information content (AvgIpc) is 3.48. The molecule has 4 heterocycles. The molecule has 0 amide bonds. The Bertz CT molecular complexity index is 1440. The number of pyridine rings is 2. The Morgan fingerprint density at radius 2 is 1.85 bits per heavy atom. The zero-order valence-electron chi connectivity index (χ0n) is 19.1. The standard InChI is InChI=1S/C28H28N6/c1-18(11-19-5-3-2-4-6-19)31-23-12-21(15-30-17-23)20-7-8-26-24(13-20)28(34-33-26)27-14-22-16-29-10-9-25(22)32-27/h7-10,12-17,19,31-32H,1-6,11H2,(H,33,34). The highest BCUT2D eigenvalue weighted by Crippen LogP contribution is 2.33. The Hall–Kier alpha value is -3.93. The molecule has 0 bridgehead atoms. The summed E-state index contributed by atoms with van der Waals surface area (Å²) >= 11 is 0. The van der Waals surface area contributed by atoms with Crippen molar-refractivity contribution in [1.29, 1.82) is 0 Å². The maximum absolute atomic E-state index is 4.59. The second kappa shape index (κ2) is 8.78. The lowest BCUT2D eigenvalue weighted by Crippen LogP contribution is -2.10. The number of fused-ring (bicyclic) bond motifs is 2. The van der Waals surface area contributed by atoms with Gasteiger partial charge in [0.05, 0.1) is 23.1 Å². The lowest BCUT2D eigenvalue weighted by atomic mass is 9.86. The highest BCUT2D eigenvalue weighted by Gasteiger charge is 2.15. The lowest BCUT2D eigenvalue weighted by Gasteiger charge is -2.22. The van der Waals surface area contributed by atoms with Gasteiger partial charge in [-0.05, 0) is 48.2 Å². The normalized spacial score (nSPS) is 14.6. The molecule has 0 unspecified atom stereocenters. The van der Waals surface area contributed by atoms with E-state index in [-0.39, 0.29) is 0 Å². The van der Waals surface area contributed by atoms with Gasteiger partial charge in [0.25, 0.3) is 0 Å². The van der Waals surface area contributed by atoms with Crippen LogP contribution in [0.2, 0.25) is 0 Å². The third kappa shape index (κ3) is 4.07. The van der Waals surface area contributed by atoms with Crippen molar-refractivity contribution in [3.63, 3.8) is 0 Å². The van der Waals surface area contributed by atoms with Crippen molar-refractivity contribution in [2.75, 3.05) is 5.32 Å². The molecule has 1 aliphatic rings. The van der Waals surface area contributed by atoms with Crippen LogP contribution in [0.15, 0.2) is 73.5 Å². The molecule has 5 aromatic rings. The van der Waals surface area contributed by atoms with Gasteiger partial charge in [-0.25, -0.2) is 0 Å². The van der Waals surface area contributed by atoms with E-state index < -0.39 is 0 Å². The van der Waals surface area contributed by atoms with Crippen molar-refractivity contribution < 1.29 is 0 Å². The van der Waals surface area contributed by atoms with E-state index in [2.05, 4.69) is 67.4 Å². The van der Waals surface area contributed by atoms with Crippen molar-refractivity contribution >= 4 is 27.5 Å². The maximum atomic E-state index is 4.59. The van der Waals surface area contributed by atoms with Gasteiger partial charge in [0.15, 0.2) is 0 Å². The van der Waals surface area contributed by atoms with Crippen molar-refractivity contribution in [1.82, 2.24) is 25.1 Å². The van der Waals surface area contributed by atoms with Crippen LogP contribution in [-0.4, -0.2) is 25.1 Å². The predicted molar refractivity (Wildman–Crippen MR) is 138 cm³/mol. The highest BCUT2D eigenvalue weighted by molar-refractivity contribution is 5.97. The smallest absolute Gasteiger partial charge is 0.116 e. The lowest BCUT2D eigenvalue weighted by molar-refractivity contribution is 0.357. The quantitative estimate of drug-likeness (QED) is 0.260. The second-order valence-corrected chi connectivity index (χ2v) is 9.38. The number of nitrogens with one attached hydrogen (secondary N) is 3. The topological polar surface area (TPSA) is 82.3 Å². The molecular weight excluding hydrogens is 420 g/mol. The number of H-pyrrole nitrogens is 2. The first kappa shape index (κ1) is 20.7. The molecule has 1 saturated carbocycles. The Labute approximate surface area is 198 Å². The average molecular weight is 449 g/mol. The van der Waals surface area contributed by atoms with Crippen LogP contribution in [0.3, 0.4) is 0 Å². The third-order valence-electron chi connectivity index (χ3n) is 6.89. The minimum Gasteiger partial charge on any atom is -0.358 e. The number of aromatic amines is 2. The summed E-state index contributed by atoms with van der Waals surface area (Å²) in [5.41, 5.74) is 8.13. The minimum absolute atomic E-state index is 0.757. The van der Waals surface area contributed by atoms with E-state index in [1.54, 1.807) is 6.20 Å². The minimum atomic E-state index is 0.757. The molecule has 0 radical (unpaired) electrons. The molecule has 0 aliphatic heterocycles.